The van der Waals surface area contributed by atoms with Gasteiger partial charge in [-0.1, -0.05) is 29.4 Å². The minimum atomic E-state index is -0.314. The van der Waals surface area contributed by atoms with Crippen molar-refractivity contribution in [2.75, 3.05) is 19.6 Å². The zero-order valence-corrected chi connectivity index (χ0v) is 20.2. The van der Waals surface area contributed by atoms with Crippen LogP contribution in [0, 0.1) is 11.7 Å². The zero-order chi connectivity index (χ0) is 24.9. The molecule has 1 N–H and O–H groups in total. The zero-order valence-electron chi connectivity index (χ0n) is 20.2. The number of rotatable bonds is 8. The van der Waals surface area contributed by atoms with E-state index in [-0.39, 0.29) is 23.5 Å². The lowest BCUT2D eigenvalue weighted by Crippen LogP contribution is -2.42. The summed E-state index contributed by atoms with van der Waals surface area (Å²) in [5, 5.41) is 7.09. The maximum atomic E-state index is 13.2. The molecule has 2 amide bonds. The van der Waals surface area contributed by atoms with E-state index in [1.54, 1.807) is 12.1 Å². The van der Waals surface area contributed by atoms with Crippen LogP contribution in [0.3, 0.4) is 0 Å². The van der Waals surface area contributed by atoms with E-state index in [2.05, 4.69) is 26.4 Å². The van der Waals surface area contributed by atoms with Gasteiger partial charge in [0.1, 0.15) is 5.82 Å². The minimum Gasteiger partial charge on any atom is -0.352 e. The Kier molecular flexibility index (Phi) is 7.36. The monoisotopic (exact) mass is 491 g/mol. The van der Waals surface area contributed by atoms with Gasteiger partial charge in [-0.15, -0.1) is 0 Å². The quantitative estimate of drug-likeness (QED) is 0.519. The molecule has 3 aromatic rings. The average Bonchev–Trinajstić information content (AvgIpc) is 3.52. The molecule has 0 aliphatic carbocycles. The van der Waals surface area contributed by atoms with E-state index in [0.717, 1.165) is 43.5 Å². The molecule has 0 spiro atoms. The van der Waals surface area contributed by atoms with Crippen LogP contribution in [0.1, 0.15) is 42.7 Å². The molecule has 0 bridgehead atoms. The minimum absolute atomic E-state index is 0.0392. The number of aromatic nitrogens is 2. The molecule has 9 heteroatoms. The van der Waals surface area contributed by atoms with E-state index < -0.39 is 0 Å². The third kappa shape index (κ3) is 5.96. The van der Waals surface area contributed by atoms with Gasteiger partial charge < -0.3 is 14.7 Å². The van der Waals surface area contributed by atoms with E-state index in [4.69, 9.17) is 4.52 Å². The van der Waals surface area contributed by atoms with E-state index >= 15 is 0 Å². The number of hydrogen-bond acceptors (Lipinski definition) is 6. The molecule has 1 atom stereocenters. The molecule has 2 saturated heterocycles. The molecule has 0 radical (unpaired) electrons. The molecule has 2 aliphatic rings. The topological polar surface area (TPSA) is 91.6 Å². The number of amides is 2. The second kappa shape index (κ2) is 11.0. The highest BCUT2D eigenvalue weighted by Crippen LogP contribution is 2.21. The number of piperidine rings is 1. The highest BCUT2D eigenvalue weighted by molar-refractivity contribution is 5.79. The van der Waals surface area contributed by atoms with Crippen molar-refractivity contribution in [2.24, 2.45) is 5.92 Å². The summed E-state index contributed by atoms with van der Waals surface area (Å²) in [6, 6.07) is 14.0. The molecule has 1 unspecified atom stereocenters. The number of carbonyl (C=O) groups excluding carboxylic acids is 2. The van der Waals surface area contributed by atoms with Crippen molar-refractivity contribution in [2.45, 2.75) is 45.3 Å². The predicted molar refractivity (Wildman–Crippen MR) is 131 cm³/mol. The van der Waals surface area contributed by atoms with Gasteiger partial charge in [0.2, 0.25) is 23.5 Å². The summed E-state index contributed by atoms with van der Waals surface area (Å²) in [6.07, 6.45) is 3.31. The van der Waals surface area contributed by atoms with Gasteiger partial charge in [-0.2, -0.15) is 4.98 Å². The van der Waals surface area contributed by atoms with Crippen LogP contribution in [-0.2, 0) is 29.2 Å². The number of halogens is 1. The van der Waals surface area contributed by atoms with Crippen LogP contribution in [0.2, 0.25) is 0 Å². The lowest BCUT2D eigenvalue weighted by atomic mass is 9.97. The van der Waals surface area contributed by atoms with Gasteiger partial charge in [0, 0.05) is 38.2 Å². The summed E-state index contributed by atoms with van der Waals surface area (Å²) in [5.74, 6) is 0.728. The van der Waals surface area contributed by atoms with Gasteiger partial charge in [0.15, 0.2) is 0 Å². The second-order valence-corrected chi connectivity index (χ2v) is 9.55. The maximum absolute atomic E-state index is 13.2. The van der Waals surface area contributed by atoms with Crippen molar-refractivity contribution in [3.05, 3.63) is 71.4 Å². The Labute approximate surface area is 209 Å². The Morgan fingerprint density at radius 2 is 1.92 bits per heavy atom. The third-order valence-corrected chi connectivity index (χ3v) is 6.81. The Morgan fingerprint density at radius 3 is 2.72 bits per heavy atom. The third-order valence-electron chi connectivity index (χ3n) is 6.81. The van der Waals surface area contributed by atoms with Crippen molar-refractivity contribution < 1.29 is 18.5 Å². The van der Waals surface area contributed by atoms with E-state index in [0.29, 0.717) is 49.9 Å². The molecule has 3 heterocycles. The summed E-state index contributed by atoms with van der Waals surface area (Å²) in [5.41, 5.74) is 2.80. The number of benzene rings is 2. The first-order valence-corrected chi connectivity index (χ1v) is 12.5. The molecule has 1 aromatic heterocycles. The average molecular weight is 492 g/mol. The molecule has 188 valence electrons. The highest BCUT2D eigenvalue weighted by atomic mass is 19.1. The number of nitrogens with one attached hydrogen (secondary N) is 1. The molecular formula is C27H30FN5O3. The molecule has 0 saturated carbocycles. The largest absolute Gasteiger partial charge is 0.352 e. The standard InChI is InChI=1S/C27H30FN5O3/c28-23-10-8-21(9-11-23)26-30-24(36-31-26)18-32-12-2-6-22(17-32)27(35)29-15-19-4-1-5-20(14-19)16-33-13-3-7-25(33)34/h1,4-5,8-11,14,22H,2-3,6-7,12-13,15-18H2,(H,29,35). The van der Waals surface area contributed by atoms with Crippen LogP contribution in [0.25, 0.3) is 11.4 Å². The fourth-order valence-electron chi connectivity index (χ4n) is 4.90. The van der Waals surface area contributed by atoms with Crippen molar-refractivity contribution in [3.63, 3.8) is 0 Å². The predicted octanol–water partition coefficient (Wildman–Crippen LogP) is 3.53. The van der Waals surface area contributed by atoms with Crippen molar-refractivity contribution in [1.29, 1.82) is 0 Å². The Hall–Kier alpha value is -3.59. The smallest absolute Gasteiger partial charge is 0.241 e. The second-order valence-electron chi connectivity index (χ2n) is 9.55. The molecule has 5 rings (SSSR count). The van der Waals surface area contributed by atoms with Crippen molar-refractivity contribution >= 4 is 11.8 Å². The van der Waals surface area contributed by atoms with E-state index in [1.165, 1.54) is 12.1 Å². The summed E-state index contributed by atoms with van der Waals surface area (Å²) in [4.78, 5) is 33.3. The number of carbonyl (C=O) groups is 2. The van der Waals surface area contributed by atoms with Crippen LogP contribution in [-0.4, -0.2) is 51.4 Å². The van der Waals surface area contributed by atoms with Gasteiger partial charge in [-0.05, 0) is 61.2 Å². The van der Waals surface area contributed by atoms with Gasteiger partial charge in [-0.3, -0.25) is 14.5 Å². The molecule has 8 nitrogen and oxygen atoms in total. The Bertz CT molecular complexity index is 1210. The fourth-order valence-corrected chi connectivity index (χ4v) is 4.90. The van der Waals surface area contributed by atoms with Gasteiger partial charge >= 0.3 is 0 Å². The molecule has 36 heavy (non-hydrogen) atoms. The number of nitrogens with zero attached hydrogens (tertiary/aromatic N) is 4. The van der Waals surface area contributed by atoms with Crippen molar-refractivity contribution in [3.8, 4) is 11.4 Å². The summed E-state index contributed by atoms with van der Waals surface area (Å²) in [6.45, 7) is 3.84. The maximum Gasteiger partial charge on any atom is 0.241 e. The van der Waals surface area contributed by atoms with Gasteiger partial charge in [-0.25, -0.2) is 4.39 Å². The first-order chi connectivity index (χ1) is 17.5. The Morgan fingerprint density at radius 1 is 1.08 bits per heavy atom. The van der Waals surface area contributed by atoms with Gasteiger partial charge in [0.25, 0.3) is 0 Å². The molecule has 2 aliphatic heterocycles. The summed E-state index contributed by atoms with van der Waals surface area (Å²) < 4.78 is 18.6. The lowest BCUT2D eigenvalue weighted by molar-refractivity contribution is -0.128. The van der Waals surface area contributed by atoms with Crippen LogP contribution >= 0.6 is 0 Å². The van der Waals surface area contributed by atoms with E-state index in [9.17, 15) is 14.0 Å². The Balaban J connectivity index is 1.12. The SMILES string of the molecule is O=C(NCc1cccc(CN2CCCC2=O)c1)C1CCCN(Cc2nc(-c3ccc(F)cc3)no2)C1. The van der Waals surface area contributed by atoms with Gasteiger partial charge in [0.05, 0.1) is 12.5 Å². The molecule has 2 aromatic carbocycles. The van der Waals surface area contributed by atoms with Crippen molar-refractivity contribution in [1.82, 2.24) is 25.3 Å². The first kappa shape index (κ1) is 24.1. The fraction of sp³-hybridized carbons (Fsp3) is 0.407. The van der Waals surface area contributed by atoms with Crippen LogP contribution in [0.15, 0.2) is 53.1 Å². The highest BCUT2D eigenvalue weighted by Gasteiger charge is 2.27. The molecule has 2 fully saturated rings. The van der Waals surface area contributed by atoms with Crippen LogP contribution in [0.5, 0.6) is 0 Å². The summed E-state index contributed by atoms with van der Waals surface area (Å²) >= 11 is 0. The normalized spacial score (nSPS) is 18.5. The lowest BCUT2D eigenvalue weighted by Gasteiger charge is -2.30. The molecular weight excluding hydrogens is 461 g/mol. The van der Waals surface area contributed by atoms with E-state index in [1.807, 2.05) is 23.1 Å². The van der Waals surface area contributed by atoms with Crippen LogP contribution < -0.4 is 5.32 Å². The number of hydrogen-bond donors (Lipinski definition) is 1. The van der Waals surface area contributed by atoms with Crippen LogP contribution in [0.4, 0.5) is 4.39 Å². The summed E-state index contributed by atoms with van der Waals surface area (Å²) in [7, 11) is 0. The first-order valence-electron chi connectivity index (χ1n) is 12.5. The number of likely N-dealkylation sites (tertiary alicyclic amines) is 2.